The second kappa shape index (κ2) is 16.5. The zero-order valence-corrected chi connectivity index (χ0v) is 33.5. The van der Waals surface area contributed by atoms with E-state index in [-0.39, 0.29) is 17.6 Å². The maximum Gasteiger partial charge on any atom is 0.411 e. The highest BCUT2D eigenvalue weighted by molar-refractivity contribution is 7.44. The van der Waals surface area contributed by atoms with Crippen LogP contribution in [0.1, 0.15) is 139 Å². The summed E-state index contributed by atoms with van der Waals surface area (Å²) >= 11 is 0. The van der Waals surface area contributed by atoms with Gasteiger partial charge >= 0.3 is 6.09 Å². The molecule has 1 aromatic carbocycles. The number of nitrogens with one attached hydrogen (secondary N) is 1. The van der Waals surface area contributed by atoms with Gasteiger partial charge in [-0.05, 0) is 137 Å². The Morgan fingerprint density at radius 1 is 0.939 bits per heavy atom. The number of fused-ring (bicyclic) bond motifs is 5. The van der Waals surface area contributed by atoms with Crippen LogP contribution in [-0.4, -0.2) is 36.1 Å². The Balaban J connectivity index is 1.12. The summed E-state index contributed by atoms with van der Waals surface area (Å²) in [5.74, 6) is 5.02. The molecule has 0 saturated heterocycles. The van der Waals surface area contributed by atoms with Gasteiger partial charge in [-0.15, -0.1) is 0 Å². The van der Waals surface area contributed by atoms with E-state index < -0.39 is 8.53 Å². The Hall–Kier alpha value is -1.46. The molecule has 3 saturated carbocycles. The first-order valence-corrected chi connectivity index (χ1v) is 20.9. The SMILES string of the molecule is COP(OCc1ccc(NC(=O)O[C@H]2CC[C@@]3(C)C(=CC[C@H]4[C@@H]5CC[C@H]([C@H](C)CCCC(C)C)[C@@]5(C)CC[C@@H]43)C2)cc1)N(C(C)C)C(C)C. The number of nitrogens with zero attached hydrogens (tertiary/aromatic N) is 1. The molecule has 1 N–H and O–H groups in total. The van der Waals surface area contributed by atoms with Crippen LogP contribution in [0.5, 0.6) is 0 Å². The fraction of sp³-hybridized carbons (Fsp3) is 0.786. The molecule has 7 heteroatoms. The number of rotatable bonds is 14. The highest BCUT2D eigenvalue weighted by Crippen LogP contribution is 2.67. The lowest BCUT2D eigenvalue weighted by Gasteiger charge is -2.58. The van der Waals surface area contributed by atoms with Gasteiger partial charge in [-0.25, -0.2) is 9.46 Å². The van der Waals surface area contributed by atoms with Crippen molar-refractivity contribution in [1.82, 2.24) is 4.67 Å². The number of anilines is 1. The first kappa shape index (κ1) is 38.8. The molecule has 276 valence electrons. The summed E-state index contributed by atoms with van der Waals surface area (Å²) in [5.41, 5.74) is 4.11. The first-order chi connectivity index (χ1) is 23.3. The van der Waals surface area contributed by atoms with Gasteiger partial charge in [-0.3, -0.25) is 5.32 Å². The minimum atomic E-state index is -1.14. The molecule has 4 aliphatic rings. The Labute approximate surface area is 300 Å². The quantitative estimate of drug-likeness (QED) is 0.155. The van der Waals surface area contributed by atoms with Crippen LogP contribution in [0.3, 0.4) is 0 Å². The van der Waals surface area contributed by atoms with Crippen molar-refractivity contribution in [3.8, 4) is 0 Å². The molecule has 0 heterocycles. The van der Waals surface area contributed by atoms with Crippen molar-refractivity contribution in [3.63, 3.8) is 0 Å². The standard InChI is InChI=1S/C42H69N2O4P/c1-28(2)12-11-13-31(7)37-20-21-38-36-19-16-33-26-35(22-24-41(33,8)39(36)23-25-42(37,38)9)48-40(45)43-34-17-14-32(15-18-34)27-47-49(46-10)44(29(3)4)30(5)6/h14-18,28-31,35-39H,11-13,19-27H2,1-10H3,(H,43,45)/t31-,35+,36+,37-,38+,39+,41+,42-,49?/m1/s1. The number of amides is 1. The van der Waals surface area contributed by atoms with Crippen LogP contribution in [0.15, 0.2) is 35.9 Å². The van der Waals surface area contributed by atoms with E-state index in [0.717, 1.165) is 66.0 Å². The Morgan fingerprint density at radius 2 is 1.65 bits per heavy atom. The van der Waals surface area contributed by atoms with E-state index in [1.165, 1.54) is 51.4 Å². The molecule has 4 aliphatic carbocycles. The number of ether oxygens (including phenoxy) is 1. The molecular weight excluding hydrogens is 627 g/mol. The van der Waals surface area contributed by atoms with Gasteiger partial charge in [0.05, 0.1) is 6.61 Å². The lowest BCUT2D eigenvalue weighted by atomic mass is 9.47. The third-order valence-corrected chi connectivity index (χ3v) is 15.4. The van der Waals surface area contributed by atoms with Crippen molar-refractivity contribution < 1.29 is 18.6 Å². The van der Waals surface area contributed by atoms with Crippen LogP contribution in [0, 0.1) is 46.3 Å². The van der Waals surface area contributed by atoms with Gasteiger partial charge < -0.3 is 13.8 Å². The van der Waals surface area contributed by atoms with Gasteiger partial charge in [0, 0.05) is 31.3 Å². The average molecular weight is 697 g/mol. The molecule has 9 atom stereocenters. The molecule has 1 unspecified atom stereocenters. The summed E-state index contributed by atoms with van der Waals surface area (Å²) in [4.78, 5) is 13.0. The number of carbonyl (C=O) groups is 1. The molecule has 49 heavy (non-hydrogen) atoms. The Kier molecular flexibility index (Phi) is 13.0. The number of hydrogen-bond acceptors (Lipinski definition) is 5. The molecule has 0 radical (unpaired) electrons. The molecule has 0 aliphatic heterocycles. The van der Waals surface area contributed by atoms with E-state index in [1.807, 2.05) is 24.3 Å². The molecule has 1 amide bonds. The van der Waals surface area contributed by atoms with Crippen molar-refractivity contribution in [3.05, 3.63) is 41.5 Å². The van der Waals surface area contributed by atoms with Crippen molar-refractivity contribution in [2.45, 2.75) is 158 Å². The van der Waals surface area contributed by atoms with Gasteiger partial charge in [-0.2, -0.15) is 0 Å². The molecule has 5 rings (SSSR count). The zero-order chi connectivity index (χ0) is 35.5. The third kappa shape index (κ3) is 8.61. The van der Waals surface area contributed by atoms with Gasteiger partial charge in [0.2, 0.25) is 0 Å². The lowest BCUT2D eigenvalue weighted by Crippen LogP contribution is -2.51. The van der Waals surface area contributed by atoms with E-state index in [9.17, 15) is 4.79 Å². The maximum absolute atomic E-state index is 13.0. The van der Waals surface area contributed by atoms with E-state index in [4.69, 9.17) is 13.8 Å². The molecule has 1 aromatic rings. The molecule has 6 nitrogen and oxygen atoms in total. The Morgan fingerprint density at radius 3 is 2.31 bits per heavy atom. The van der Waals surface area contributed by atoms with Crippen LogP contribution < -0.4 is 5.32 Å². The minimum absolute atomic E-state index is 0.0573. The van der Waals surface area contributed by atoms with Crippen molar-refractivity contribution in [2.75, 3.05) is 12.4 Å². The maximum atomic E-state index is 13.0. The van der Waals surface area contributed by atoms with E-state index in [2.05, 4.69) is 78.4 Å². The number of benzene rings is 1. The van der Waals surface area contributed by atoms with Crippen molar-refractivity contribution >= 4 is 20.3 Å². The van der Waals surface area contributed by atoms with Crippen LogP contribution >= 0.6 is 8.53 Å². The second-order valence-corrected chi connectivity index (χ2v) is 19.2. The number of carbonyl (C=O) groups excluding carboxylic acids is 1. The summed E-state index contributed by atoms with van der Waals surface area (Å²) in [7, 11) is 0.566. The average Bonchev–Trinajstić information content (AvgIpc) is 3.40. The topological polar surface area (TPSA) is 60.0 Å². The second-order valence-electron chi connectivity index (χ2n) is 17.6. The predicted octanol–water partition coefficient (Wildman–Crippen LogP) is 12.2. The summed E-state index contributed by atoms with van der Waals surface area (Å²) < 4.78 is 20.2. The van der Waals surface area contributed by atoms with Gasteiger partial charge in [0.1, 0.15) is 6.10 Å². The highest BCUT2D eigenvalue weighted by Gasteiger charge is 2.59. The van der Waals surface area contributed by atoms with Crippen molar-refractivity contribution in [2.24, 2.45) is 46.3 Å². The molecular formula is C42H69N2O4P. The molecule has 0 spiro atoms. The molecule has 0 bridgehead atoms. The van der Waals surface area contributed by atoms with Crippen LogP contribution in [0.4, 0.5) is 10.5 Å². The van der Waals surface area contributed by atoms with E-state index in [0.29, 0.717) is 24.1 Å². The number of allylic oxidation sites excluding steroid dienone is 1. The van der Waals surface area contributed by atoms with Gasteiger partial charge in [0.15, 0.2) is 0 Å². The van der Waals surface area contributed by atoms with Crippen LogP contribution in [0.2, 0.25) is 0 Å². The summed E-state index contributed by atoms with van der Waals surface area (Å²) in [6.07, 6.45) is 16.2. The Bertz CT molecular complexity index is 1260. The van der Waals surface area contributed by atoms with Crippen LogP contribution in [-0.2, 0) is 20.4 Å². The fourth-order valence-corrected chi connectivity index (χ4v) is 12.5. The molecule has 0 aromatic heterocycles. The lowest BCUT2D eigenvalue weighted by molar-refractivity contribution is -0.0577. The zero-order valence-electron chi connectivity index (χ0n) is 32.6. The normalized spacial score (nSPS) is 32.4. The van der Waals surface area contributed by atoms with Gasteiger partial charge in [-0.1, -0.05) is 77.7 Å². The monoisotopic (exact) mass is 696 g/mol. The summed E-state index contributed by atoms with van der Waals surface area (Å²) in [5, 5.41) is 2.98. The van der Waals surface area contributed by atoms with E-state index >= 15 is 0 Å². The first-order valence-electron chi connectivity index (χ1n) is 19.8. The summed E-state index contributed by atoms with van der Waals surface area (Å²) in [6, 6.07) is 8.51. The fourth-order valence-electron chi connectivity index (χ4n) is 11.1. The number of hydrogen-bond donors (Lipinski definition) is 1. The molecule has 3 fully saturated rings. The van der Waals surface area contributed by atoms with Crippen LogP contribution in [0.25, 0.3) is 0 Å². The smallest absolute Gasteiger partial charge is 0.411 e. The third-order valence-electron chi connectivity index (χ3n) is 13.5. The predicted molar refractivity (Wildman–Crippen MR) is 204 cm³/mol. The van der Waals surface area contributed by atoms with Gasteiger partial charge in [0.25, 0.3) is 8.53 Å². The highest BCUT2D eigenvalue weighted by atomic mass is 31.2. The largest absolute Gasteiger partial charge is 0.446 e. The van der Waals surface area contributed by atoms with E-state index in [1.54, 1.807) is 12.7 Å². The van der Waals surface area contributed by atoms with Crippen molar-refractivity contribution in [1.29, 1.82) is 0 Å². The minimum Gasteiger partial charge on any atom is -0.446 e. The summed E-state index contributed by atoms with van der Waals surface area (Å²) in [6.45, 7) is 21.6.